The van der Waals surface area contributed by atoms with Crippen molar-refractivity contribution in [2.24, 2.45) is 0 Å². The van der Waals surface area contributed by atoms with Crippen LogP contribution in [0.5, 0.6) is 0 Å². The SMILES string of the molecule is CCCCC(=O)NC(=S)Nc1ccccc1-c1ccc(C(=O)O)o1. The van der Waals surface area contributed by atoms with Gasteiger partial charge in [0.15, 0.2) is 5.11 Å². The zero-order chi connectivity index (χ0) is 17.5. The second-order valence-electron chi connectivity index (χ2n) is 5.12. The number of nitrogens with one attached hydrogen (secondary N) is 2. The highest BCUT2D eigenvalue weighted by atomic mass is 32.1. The molecule has 6 nitrogen and oxygen atoms in total. The average molecular weight is 346 g/mol. The van der Waals surface area contributed by atoms with Crippen LogP contribution >= 0.6 is 12.2 Å². The molecule has 2 aromatic rings. The van der Waals surface area contributed by atoms with Crippen LogP contribution in [0.2, 0.25) is 0 Å². The molecule has 0 radical (unpaired) electrons. The maximum atomic E-state index is 11.7. The molecule has 0 unspecified atom stereocenters. The van der Waals surface area contributed by atoms with Gasteiger partial charge in [-0.3, -0.25) is 4.79 Å². The average Bonchev–Trinajstić information content (AvgIpc) is 3.03. The molecule has 7 heteroatoms. The Kier molecular flexibility index (Phi) is 6.08. The molecular weight excluding hydrogens is 328 g/mol. The predicted octanol–water partition coefficient (Wildman–Crippen LogP) is 3.65. The Bertz CT molecular complexity index is 755. The Hall–Kier alpha value is -2.67. The van der Waals surface area contributed by atoms with Gasteiger partial charge in [0.2, 0.25) is 11.7 Å². The summed E-state index contributed by atoms with van der Waals surface area (Å²) in [7, 11) is 0. The third-order valence-electron chi connectivity index (χ3n) is 3.27. The van der Waals surface area contributed by atoms with Crippen molar-refractivity contribution in [1.82, 2.24) is 5.32 Å². The minimum absolute atomic E-state index is 0.141. The Morgan fingerprint density at radius 2 is 1.96 bits per heavy atom. The lowest BCUT2D eigenvalue weighted by Gasteiger charge is -2.12. The number of aromatic carboxylic acids is 1. The molecule has 1 aromatic heterocycles. The fraction of sp³-hybridized carbons (Fsp3) is 0.235. The number of carboxylic acids is 1. The number of hydrogen-bond acceptors (Lipinski definition) is 4. The van der Waals surface area contributed by atoms with E-state index < -0.39 is 5.97 Å². The topological polar surface area (TPSA) is 91.6 Å². The van der Waals surface area contributed by atoms with Gasteiger partial charge in [-0.2, -0.15) is 0 Å². The summed E-state index contributed by atoms with van der Waals surface area (Å²) in [6, 6.07) is 10.1. The van der Waals surface area contributed by atoms with E-state index >= 15 is 0 Å². The number of hydrogen-bond donors (Lipinski definition) is 3. The first kappa shape index (κ1) is 17.7. The van der Waals surface area contributed by atoms with Crippen molar-refractivity contribution < 1.29 is 19.1 Å². The largest absolute Gasteiger partial charge is 0.475 e. The van der Waals surface area contributed by atoms with E-state index in [4.69, 9.17) is 21.7 Å². The smallest absolute Gasteiger partial charge is 0.371 e. The lowest BCUT2D eigenvalue weighted by atomic mass is 10.1. The quantitative estimate of drug-likeness (QED) is 0.692. The Morgan fingerprint density at radius 3 is 2.62 bits per heavy atom. The summed E-state index contributed by atoms with van der Waals surface area (Å²) in [4.78, 5) is 22.7. The van der Waals surface area contributed by atoms with Crippen molar-refractivity contribution in [3.63, 3.8) is 0 Å². The minimum atomic E-state index is -1.13. The molecule has 0 atom stereocenters. The lowest BCUT2D eigenvalue weighted by Crippen LogP contribution is -2.34. The Labute approximate surface area is 144 Å². The van der Waals surface area contributed by atoms with Crippen LogP contribution in [0.1, 0.15) is 36.7 Å². The molecule has 1 amide bonds. The lowest BCUT2D eigenvalue weighted by molar-refractivity contribution is -0.119. The molecule has 3 N–H and O–H groups in total. The van der Waals surface area contributed by atoms with Crippen LogP contribution in [0.15, 0.2) is 40.8 Å². The highest BCUT2D eigenvalue weighted by Gasteiger charge is 2.14. The van der Waals surface area contributed by atoms with Gasteiger partial charge in [0.25, 0.3) is 0 Å². The second-order valence-corrected chi connectivity index (χ2v) is 5.53. The molecule has 1 heterocycles. The first-order valence-corrected chi connectivity index (χ1v) is 7.95. The maximum Gasteiger partial charge on any atom is 0.371 e. The zero-order valence-corrected chi connectivity index (χ0v) is 14.0. The summed E-state index contributed by atoms with van der Waals surface area (Å²) in [6.45, 7) is 2.01. The van der Waals surface area contributed by atoms with Crippen LogP contribution < -0.4 is 10.6 Å². The van der Waals surface area contributed by atoms with Crippen LogP contribution in [0.4, 0.5) is 5.69 Å². The molecule has 1 aromatic carbocycles. The van der Waals surface area contributed by atoms with Crippen LogP contribution in [0.25, 0.3) is 11.3 Å². The summed E-state index contributed by atoms with van der Waals surface area (Å²) < 4.78 is 5.32. The predicted molar refractivity (Wildman–Crippen MR) is 95.0 cm³/mol. The number of carbonyl (C=O) groups is 2. The minimum Gasteiger partial charge on any atom is -0.475 e. The number of para-hydroxylation sites is 1. The molecule has 0 aliphatic carbocycles. The van der Waals surface area contributed by atoms with Crippen LogP contribution in [0.3, 0.4) is 0 Å². The normalized spacial score (nSPS) is 10.2. The van der Waals surface area contributed by atoms with Gasteiger partial charge < -0.3 is 20.2 Å². The highest BCUT2D eigenvalue weighted by molar-refractivity contribution is 7.80. The van der Waals surface area contributed by atoms with Crippen molar-refractivity contribution in [3.05, 3.63) is 42.2 Å². The maximum absolute atomic E-state index is 11.7. The number of carboxylic acid groups (broad SMARTS) is 1. The van der Waals surface area contributed by atoms with Gasteiger partial charge in [0.05, 0.1) is 5.69 Å². The van der Waals surface area contributed by atoms with E-state index in [2.05, 4.69) is 10.6 Å². The van der Waals surface area contributed by atoms with Crippen LogP contribution in [-0.2, 0) is 4.79 Å². The first-order valence-electron chi connectivity index (χ1n) is 7.54. The molecule has 24 heavy (non-hydrogen) atoms. The molecule has 2 rings (SSSR count). The third-order valence-corrected chi connectivity index (χ3v) is 3.47. The van der Waals surface area contributed by atoms with Crippen molar-refractivity contribution in [3.8, 4) is 11.3 Å². The molecule has 0 aliphatic heterocycles. The number of carbonyl (C=O) groups excluding carboxylic acids is 1. The number of benzene rings is 1. The number of anilines is 1. The van der Waals surface area contributed by atoms with Crippen molar-refractivity contribution in [2.75, 3.05) is 5.32 Å². The van der Waals surface area contributed by atoms with E-state index in [-0.39, 0.29) is 16.8 Å². The van der Waals surface area contributed by atoms with E-state index in [1.54, 1.807) is 30.3 Å². The van der Waals surface area contributed by atoms with Gasteiger partial charge in [-0.05, 0) is 42.9 Å². The van der Waals surface area contributed by atoms with E-state index in [0.29, 0.717) is 23.4 Å². The molecule has 0 fully saturated rings. The molecule has 0 saturated heterocycles. The van der Waals surface area contributed by atoms with Gasteiger partial charge in [0, 0.05) is 12.0 Å². The van der Waals surface area contributed by atoms with E-state index in [1.807, 2.05) is 6.92 Å². The van der Waals surface area contributed by atoms with Gasteiger partial charge >= 0.3 is 5.97 Å². The van der Waals surface area contributed by atoms with Crippen molar-refractivity contribution in [2.45, 2.75) is 26.2 Å². The summed E-state index contributed by atoms with van der Waals surface area (Å²) in [6.07, 6.45) is 2.15. The van der Waals surface area contributed by atoms with Gasteiger partial charge in [-0.1, -0.05) is 25.5 Å². The number of furan rings is 1. The second kappa shape index (κ2) is 8.26. The van der Waals surface area contributed by atoms with Gasteiger partial charge in [-0.25, -0.2) is 4.79 Å². The van der Waals surface area contributed by atoms with Crippen molar-refractivity contribution in [1.29, 1.82) is 0 Å². The molecule has 0 aliphatic rings. The van der Waals surface area contributed by atoms with E-state index in [9.17, 15) is 9.59 Å². The summed E-state index contributed by atoms with van der Waals surface area (Å²) in [5.41, 5.74) is 1.26. The van der Waals surface area contributed by atoms with E-state index in [1.165, 1.54) is 6.07 Å². The molecule has 0 spiro atoms. The zero-order valence-electron chi connectivity index (χ0n) is 13.2. The standard InChI is InChI=1S/C17H18N2O4S/c1-2-3-8-15(20)19-17(24)18-12-7-5-4-6-11(12)13-9-10-14(23-13)16(21)22/h4-7,9-10H,2-3,8H2,1H3,(H,21,22)(H2,18,19,20,24). The molecule has 0 bridgehead atoms. The molecule has 0 saturated carbocycles. The summed E-state index contributed by atoms with van der Waals surface area (Å²) >= 11 is 5.15. The van der Waals surface area contributed by atoms with Crippen molar-refractivity contribution >= 4 is 34.9 Å². The van der Waals surface area contributed by atoms with Gasteiger partial charge in [-0.15, -0.1) is 0 Å². The number of unbranched alkanes of at least 4 members (excludes halogenated alkanes) is 1. The van der Waals surface area contributed by atoms with Crippen LogP contribution in [0, 0.1) is 0 Å². The molecular formula is C17H18N2O4S. The Morgan fingerprint density at radius 1 is 1.21 bits per heavy atom. The number of rotatable bonds is 6. The summed E-state index contributed by atoms with van der Waals surface area (Å²) in [5, 5.41) is 14.7. The fourth-order valence-electron chi connectivity index (χ4n) is 2.08. The highest BCUT2D eigenvalue weighted by Crippen LogP contribution is 2.29. The Balaban J connectivity index is 2.12. The number of amides is 1. The van der Waals surface area contributed by atoms with Gasteiger partial charge in [0.1, 0.15) is 5.76 Å². The summed E-state index contributed by atoms with van der Waals surface area (Å²) in [5.74, 6) is -1.02. The van der Waals surface area contributed by atoms with E-state index in [0.717, 1.165) is 12.8 Å². The molecule has 126 valence electrons. The first-order chi connectivity index (χ1) is 11.5. The van der Waals surface area contributed by atoms with Crippen LogP contribution in [-0.4, -0.2) is 22.1 Å². The fourth-order valence-corrected chi connectivity index (χ4v) is 2.31. The monoisotopic (exact) mass is 346 g/mol. The third kappa shape index (κ3) is 4.66. The number of thiocarbonyl (C=S) groups is 1.